The molecule has 1 saturated carbocycles. The number of pyridine rings is 1. The van der Waals surface area contributed by atoms with E-state index in [9.17, 15) is 15.0 Å². The van der Waals surface area contributed by atoms with E-state index in [-0.39, 0.29) is 16.6 Å². The number of hydrogen-bond donors (Lipinski definition) is 2. The quantitative estimate of drug-likeness (QED) is 0.212. The number of carbonyl (C=O) groups is 1. The SMILES string of the molecule is CC1C=C(C(C)(C)O)C(CC[C@@](C)(SCC2(CC(=O)O)CC2)c2cccc(/C=C/c3ccc4ccc(Cl)cc4n3)c2)=CC1. The Bertz CT molecular complexity index is 1600. The molecule has 3 aromatic rings. The van der Waals surface area contributed by atoms with Crippen LogP contribution in [0, 0.1) is 11.3 Å². The van der Waals surface area contributed by atoms with Crippen LogP contribution in [-0.2, 0) is 9.54 Å². The fraction of sp³-hybridized carbons (Fsp3) is 0.405. The molecule has 1 fully saturated rings. The fourth-order valence-corrected chi connectivity index (χ4v) is 7.66. The first kappa shape index (κ1) is 31.6. The first-order chi connectivity index (χ1) is 20.3. The van der Waals surface area contributed by atoms with Crippen LogP contribution in [-0.4, -0.2) is 32.5 Å². The number of aliphatic hydroxyl groups is 1. The summed E-state index contributed by atoms with van der Waals surface area (Å²) in [6.45, 7) is 8.23. The van der Waals surface area contributed by atoms with E-state index < -0.39 is 11.6 Å². The molecule has 2 atom stereocenters. The number of fused-ring (bicyclic) bond motifs is 1. The molecule has 5 rings (SSSR count). The zero-order chi connectivity index (χ0) is 30.8. The standard InChI is InChI=1S/C37H42ClNO3S/c1-25-8-10-27(32(20-25)35(2,3)42)16-17-36(4,43-24-37(18-19-37)23-34(40)41)29-7-5-6-26(21-29)9-14-31-15-12-28-11-13-30(38)22-33(28)39-31/h5-7,9-15,20-22,25,42H,8,16-19,23-24H2,1-4H3,(H,40,41)/b14-9+/t25?,36-/m1/s1. The van der Waals surface area contributed by atoms with Crippen LogP contribution < -0.4 is 0 Å². The molecule has 0 radical (unpaired) electrons. The van der Waals surface area contributed by atoms with Gasteiger partial charge < -0.3 is 10.2 Å². The van der Waals surface area contributed by atoms with E-state index in [0.29, 0.717) is 10.9 Å². The summed E-state index contributed by atoms with van der Waals surface area (Å²) in [7, 11) is 0. The van der Waals surface area contributed by atoms with Crippen LogP contribution in [0.1, 0.15) is 83.0 Å². The Labute approximate surface area is 265 Å². The average Bonchev–Trinajstić information content (AvgIpc) is 3.72. The van der Waals surface area contributed by atoms with Crippen LogP contribution >= 0.6 is 23.4 Å². The van der Waals surface area contributed by atoms with Crippen molar-refractivity contribution >= 4 is 52.4 Å². The summed E-state index contributed by atoms with van der Waals surface area (Å²) in [4.78, 5) is 16.4. The van der Waals surface area contributed by atoms with Crippen LogP contribution in [0.4, 0.5) is 0 Å². The van der Waals surface area contributed by atoms with Crippen LogP contribution in [0.2, 0.25) is 5.02 Å². The Hall–Kier alpha value is -2.86. The van der Waals surface area contributed by atoms with Crippen molar-refractivity contribution in [2.75, 3.05) is 5.75 Å². The number of halogens is 1. The van der Waals surface area contributed by atoms with Gasteiger partial charge in [-0.15, -0.1) is 0 Å². The first-order valence-corrected chi connectivity index (χ1v) is 16.6. The van der Waals surface area contributed by atoms with E-state index >= 15 is 0 Å². The topological polar surface area (TPSA) is 70.4 Å². The molecule has 6 heteroatoms. The maximum absolute atomic E-state index is 11.6. The van der Waals surface area contributed by atoms with E-state index in [2.05, 4.69) is 62.4 Å². The second kappa shape index (κ2) is 12.6. The molecule has 1 unspecified atom stereocenters. The minimum Gasteiger partial charge on any atom is -0.481 e. The smallest absolute Gasteiger partial charge is 0.303 e. The molecule has 2 N–H and O–H groups in total. The Morgan fingerprint density at radius 2 is 1.88 bits per heavy atom. The zero-order valence-corrected chi connectivity index (χ0v) is 27.1. The molecule has 2 aliphatic rings. The molecule has 226 valence electrons. The molecule has 43 heavy (non-hydrogen) atoms. The molecule has 0 bridgehead atoms. The third-order valence-electron chi connectivity index (χ3n) is 8.86. The minimum atomic E-state index is -0.892. The van der Waals surface area contributed by atoms with Gasteiger partial charge in [-0.2, -0.15) is 11.8 Å². The molecule has 0 aliphatic heterocycles. The number of aliphatic carboxylic acids is 1. The molecule has 2 aliphatic carbocycles. The lowest BCUT2D eigenvalue weighted by molar-refractivity contribution is -0.138. The molecule has 4 nitrogen and oxygen atoms in total. The normalized spacial score (nSPS) is 19.6. The average molecular weight is 616 g/mol. The summed E-state index contributed by atoms with van der Waals surface area (Å²) in [5.41, 5.74) is 5.31. The highest BCUT2D eigenvalue weighted by molar-refractivity contribution is 8.00. The van der Waals surface area contributed by atoms with Gasteiger partial charge in [0.2, 0.25) is 0 Å². The van der Waals surface area contributed by atoms with E-state index in [1.807, 2.05) is 56.0 Å². The number of nitrogens with zero attached hydrogens (tertiary/aromatic N) is 1. The van der Waals surface area contributed by atoms with Gasteiger partial charge in [-0.25, -0.2) is 4.98 Å². The number of benzene rings is 2. The highest BCUT2D eigenvalue weighted by Crippen LogP contribution is 2.55. The number of allylic oxidation sites excluding steroid dienone is 2. The number of thioether (sulfide) groups is 1. The van der Waals surface area contributed by atoms with Crippen LogP contribution in [0.5, 0.6) is 0 Å². The Morgan fingerprint density at radius 3 is 2.60 bits per heavy atom. The van der Waals surface area contributed by atoms with Gasteiger partial charge in [0, 0.05) is 20.9 Å². The van der Waals surface area contributed by atoms with Gasteiger partial charge in [0.05, 0.1) is 23.2 Å². The third kappa shape index (κ3) is 8.00. The number of aromatic nitrogens is 1. The van der Waals surface area contributed by atoms with Crippen molar-refractivity contribution in [2.45, 2.75) is 76.6 Å². The lowest BCUT2D eigenvalue weighted by atomic mass is 9.80. The molecule has 1 aromatic heterocycles. The van der Waals surface area contributed by atoms with Crippen molar-refractivity contribution in [2.24, 2.45) is 11.3 Å². The zero-order valence-electron chi connectivity index (χ0n) is 25.6. The van der Waals surface area contributed by atoms with Gasteiger partial charge >= 0.3 is 5.97 Å². The van der Waals surface area contributed by atoms with Crippen LogP contribution in [0.15, 0.2) is 77.9 Å². The highest BCUT2D eigenvalue weighted by Gasteiger charge is 2.46. The van der Waals surface area contributed by atoms with Gasteiger partial charge in [0.25, 0.3) is 0 Å². The number of carboxylic acid groups (broad SMARTS) is 1. The van der Waals surface area contributed by atoms with E-state index in [0.717, 1.165) is 65.6 Å². The monoisotopic (exact) mass is 615 g/mol. The Morgan fingerprint density at radius 1 is 1.12 bits per heavy atom. The summed E-state index contributed by atoms with van der Waals surface area (Å²) < 4.78 is -0.232. The molecule has 0 saturated heterocycles. The van der Waals surface area contributed by atoms with Crippen molar-refractivity contribution < 1.29 is 15.0 Å². The molecule has 2 aromatic carbocycles. The lowest BCUT2D eigenvalue weighted by Gasteiger charge is -2.34. The second-order valence-electron chi connectivity index (χ2n) is 13.2. The molecular weight excluding hydrogens is 574 g/mol. The fourth-order valence-electron chi connectivity index (χ4n) is 5.94. The van der Waals surface area contributed by atoms with Crippen molar-refractivity contribution in [3.8, 4) is 0 Å². The molecule has 0 spiro atoms. The van der Waals surface area contributed by atoms with Crippen molar-refractivity contribution in [1.82, 2.24) is 4.98 Å². The maximum atomic E-state index is 11.6. The van der Waals surface area contributed by atoms with E-state index in [4.69, 9.17) is 16.6 Å². The number of carboxylic acids is 1. The molecule has 0 amide bonds. The van der Waals surface area contributed by atoms with Gasteiger partial charge in [0.15, 0.2) is 0 Å². The summed E-state index contributed by atoms with van der Waals surface area (Å²) in [5, 5.41) is 22.2. The van der Waals surface area contributed by atoms with Crippen molar-refractivity contribution in [3.63, 3.8) is 0 Å². The van der Waals surface area contributed by atoms with Gasteiger partial charge in [0.1, 0.15) is 0 Å². The Kier molecular flexibility index (Phi) is 9.27. The maximum Gasteiger partial charge on any atom is 0.303 e. The largest absolute Gasteiger partial charge is 0.481 e. The third-order valence-corrected chi connectivity index (χ3v) is 10.9. The van der Waals surface area contributed by atoms with Gasteiger partial charge in [-0.1, -0.05) is 73.2 Å². The summed E-state index contributed by atoms with van der Waals surface area (Å²) >= 11 is 8.08. The van der Waals surface area contributed by atoms with E-state index in [1.54, 1.807) is 0 Å². The van der Waals surface area contributed by atoms with Crippen molar-refractivity contribution in [3.05, 3.63) is 99.7 Å². The summed E-state index contributed by atoms with van der Waals surface area (Å²) in [6, 6.07) is 18.5. The van der Waals surface area contributed by atoms with Gasteiger partial charge in [-0.3, -0.25) is 4.79 Å². The molecule has 1 heterocycles. The molecular formula is C37H42ClNO3S. The van der Waals surface area contributed by atoms with Crippen LogP contribution in [0.25, 0.3) is 23.1 Å². The number of rotatable bonds is 12. The lowest BCUT2D eigenvalue weighted by Crippen LogP contribution is -2.27. The second-order valence-corrected chi connectivity index (χ2v) is 15.1. The Balaban J connectivity index is 1.40. The predicted molar refractivity (Wildman–Crippen MR) is 181 cm³/mol. The predicted octanol–water partition coefficient (Wildman–Crippen LogP) is 9.71. The van der Waals surface area contributed by atoms with E-state index in [1.165, 1.54) is 11.1 Å². The minimum absolute atomic E-state index is 0.0996. The van der Waals surface area contributed by atoms with Crippen molar-refractivity contribution in [1.29, 1.82) is 0 Å². The summed E-state index contributed by atoms with van der Waals surface area (Å²) in [6.07, 6.45) is 13.6. The van der Waals surface area contributed by atoms with Crippen LogP contribution in [0.3, 0.4) is 0 Å². The summed E-state index contributed by atoms with van der Waals surface area (Å²) in [5.74, 6) is 0.524. The highest BCUT2D eigenvalue weighted by atomic mass is 35.5. The van der Waals surface area contributed by atoms with Gasteiger partial charge in [-0.05, 0) is 111 Å². The first-order valence-electron chi connectivity index (χ1n) is 15.2. The number of hydrogen-bond acceptors (Lipinski definition) is 4.